The minimum Gasteiger partial charge on any atom is -0.368 e. The van der Waals surface area contributed by atoms with Gasteiger partial charge in [-0.25, -0.2) is 14.4 Å². The Kier molecular flexibility index (Phi) is 5.41. The van der Waals surface area contributed by atoms with E-state index in [0.717, 1.165) is 49.8 Å². The predicted octanol–water partition coefficient (Wildman–Crippen LogP) is 2.49. The third kappa shape index (κ3) is 4.08. The summed E-state index contributed by atoms with van der Waals surface area (Å²) in [7, 11) is 0. The van der Waals surface area contributed by atoms with Crippen LogP contribution in [0.25, 0.3) is 0 Å². The molecule has 0 saturated carbocycles. The van der Waals surface area contributed by atoms with Crippen molar-refractivity contribution in [3.05, 3.63) is 48.0 Å². The highest BCUT2D eigenvalue weighted by molar-refractivity contribution is 5.80. The van der Waals surface area contributed by atoms with E-state index in [1.165, 1.54) is 12.1 Å². The lowest BCUT2D eigenvalue weighted by atomic mass is 9.96. The Morgan fingerprint density at radius 2 is 1.79 bits per heavy atom. The smallest absolute Gasteiger partial charge is 0.227 e. The summed E-state index contributed by atoms with van der Waals surface area (Å²) >= 11 is 0. The Morgan fingerprint density at radius 3 is 2.50 bits per heavy atom. The topological polar surface area (TPSA) is 52.6 Å². The second-order valence-corrected chi connectivity index (χ2v) is 7.57. The molecule has 1 amide bonds. The van der Waals surface area contributed by atoms with E-state index in [4.69, 9.17) is 0 Å². The number of hydrogen-bond acceptors (Lipinski definition) is 5. The maximum Gasteiger partial charge on any atom is 0.227 e. The second-order valence-electron chi connectivity index (χ2n) is 7.57. The quantitative estimate of drug-likeness (QED) is 0.815. The first-order valence-electron chi connectivity index (χ1n) is 9.94. The number of piperazine rings is 1. The van der Waals surface area contributed by atoms with Crippen LogP contribution in [0.15, 0.2) is 36.5 Å². The molecule has 7 heteroatoms. The molecule has 2 aliphatic rings. The number of halogens is 1. The molecule has 148 valence electrons. The zero-order valence-corrected chi connectivity index (χ0v) is 16.2. The Balaban J connectivity index is 1.35. The average Bonchev–Trinajstić information content (AvgIpc) is 2.74. The van der Waals surface area contributed by atoms with Crippen LogP contribution >= 0.6 is 0 Å². The third-order valence-electron chi connectivity index (χ3n) is 5.62. The number of piperidine rings is 1. The van der Waals surface area contributed by atoms with E-state index in [-0.39, 0.29) is 17.6 Å². The van der Waals surface area contributed by atoms with Gasteiger partial charge in [0.2, 0.25) is 11.9 Å². The third-order valence-corrected chi connectivity index (χ3v) is 5.62. The molecule has 2 fully saturated rings. The average molecular weight is 383 g/mol. The van der Waals surface area contributed by atoms with Gasteiger partial charge in [0.05, 0.1) is 5.92 Å². The first-order chi connectivity index (χ1) is 13.6. The maximum atomic E-state index is 13.1. The summed E-state index contributed by atoms with van der Waals surface area (Å²) in [5.74, 6) is 0.724. The van der Waals surface area contributed by atoms with Crippen LogP contribution < -0.4 is 9.80 Å². The minimum atomic E-state index is -0.225. The van der Waals surface area contributed by atoms with Crippen LogP contribution in [0.1, 0.15) is 18.5 Å². The first kappa shape index (κ1) is 18.7. The number of carbonyl (C=O) groups excluding carboxylic acids is 1. The van der Waals surface area contributed by atoms with Gasteiger partial charge in [0, 0.05) is 56.8 Å². The molecule has 0 unspecified atom stereocenters. The Hall–Kier alpha value is -2.70. The van der Waals surface area contributed by atoms with Gasteiger partial charge in [-0.15, -0.1) is 0 Å². The fourth-order valence-corrected chi connectivity index (χ4v) is 4.04. The molecule has 4 rings (SSSR count). The molecule has 2 aliphatic heterocycles. The summed E-state index contributed by atoms with van der Waals surface area (Å²) in [6, 6.07) is 8.45. The normalized spacial score (nSPS) is 20.4. The number of aromatic nitrogens is 2. The van der Waals surface area contributed by atoms with E-state index in [1.54, 1.807) is 18.3 Å². The molecular weight excluding hydrogens is 357 g/mol. The highest BCUT2D eigenvalue weighted by Crippen LogP contribution is 2.24. The van der Waals surface area contributed by atoms with E-state index >= 15 is 0 Å². The van der Waals surface area contributed by atoms with Gasteiger partial charge in [0.1, 0.15) is 5.82 Å². The van der Waals surface area contributed by atoms with Crippen LogP contribution in [0.3, 0.4) is 0 Å². The largest absolute Gasteiger partial charge is 0.368 e. The van der Waals surface area contributed by atoms with Crippen molar-refractivity contribution in [2.45, 2.75) is 19.8 Å². The number of amides is 1. The number of nitrogens with zero attached hydrogens (tertiary/aromatic N) is 5. The molecule has 0 bridgehead atoms. The van der Waals surface area contributed by atoms with Gasteiger partial charge < -0.3 is 14.7 Å². The lowest BCUT2D eigenvalue weighted by Crippen LogP contribution is -2.52. The molecule has 1 atom stereocenters. The highest BCUT2D eigenvalue weighted by atomic mass is 19.1. The lowest BCUT2D eigenvalue weighted by Gasteiger charge is -2.39. The first-order valence-corrected chi connectivity index (χ1v) is 9.94. The number of hydrogen-bond donors (Lipinski definition) is 0. The molecule has 6 nitrogen and oxygen atoms in total. The van der Waals surface area contributed by atoms with Crippen molar-refractivity contribution in [3.8, 4) is 0 Å². The zero-order chi connectivity index (χ0) is 19.5. The summed E-state index contributed by atoms with van der Waals surface area (Å²) < 4.78 is 13.1. The summed E-state index contributed by atoms with van der Waals surface area (Å²) in [5, 5.41) is 0. The summed E-state index contributed by atoms with van der Waals surface area (Å²) in [6.45, 7) is 6.48. The standard InChI is InChI=1S/C21H26FN5O/c1-16-8-9-23-21(24-16)27-10-2-3-17(15-27)20(28)26-13-11-25(12-14-26)19-6-4-18(22)5-7-19/h4-9,17H,2-3,10-15H2,1H3/t17-/m0/s1. The Labute approximate surface area is 165 Å². The summed E-state index contributed by atoms with van der Waals surface area (Å²) in [6.07, 6.45) is 3.67. The molecule has 0 aliphatic carbocycles. The Bertz CT molecular complexity index is 820. The van der Waals surface area contributed by atoms with E-state index in [9.17, 15) is 9.18 Å². The number of carbonyl (C=O) groups is 1. The predicted molar refractivity (Wildman–Crippen MR) is 107 cm³/mol. The summed E-state index contributed by atoms with van der Waals surface area (Å²) in [4.78, 5) is 28.3. The van der Waals surface area contributed by atoms with Gasteiger partial charge in [0.15, 0.2) is 0 Å². The van der Waals surface area contributed by atoms with Crippen molar-refractivity contribution in [1.29, 1.82) is 0 Å². The molecule has 2 saturated heterocycles. The number of anilines is 2. The van der Waals surface area contributed by atoms with Crippen molar-refractivity contribution >= 4 is 17.5 Å². The molecular formula is C21H26FN5O. The SMILES string of the molecule is Cc1ccnc(N2CCC[C@H](C(=O)N3CCN(c4ccc(F)cc4)CC3)C2)n1. The monoisotopic (exact) mass is 383 g/mol. The Morgan fingerprint density at radius 1 is 1.04 bits per heavy atom. The van der Waals surface area contributed by atoms with Gasteiger partial charge in [-0.05, 0) is 50.1 Å². The number of rotatable bonds is 3. The van der Waals surface area contributed by atoms with Crippen molar-refractivity contribution in [2.24, 2.45) is 5.92 Å². The molecule has 3 heterocycles. The van der Waals surface area contributed by atoms with Crippen LogP contribution in [0, 0.1) is 18.7 Å². The van der Waals surface area contributed by atoms with E-state index in [2.05, 4.69) is 19.8 Å². The van der Waals surface area contributed by atoms with Crippen LogP contribution in [0.4, 0.5) is 16.0 Å². The van der Waals surface area contributed by atoms with Crippen molar-refractivity contribution in [3.63, 3.8) is 0 Å². The fraction of sp³-hybridized carbons (Fsp3) is 0.476. The zero-order valence-electron chi connectivity index (χ0n) is 16.2. The highest BCUT2D eigenvalue weighted by Gasteiger charge is 2.31. The van der Waals surface area contributed by atoms with Gasteiger partial charge in [-0.3, -0.25) is 4.79 Å². The number of benzene rings is 1. The van der Waals surface area contributed by atoms with Crippen LogP contribution in [-0.4, -0.2) is 60.0 Å². The van der Waals surface area contributed by atoms with Crippen molar-refractivity contribution < 1.29 is 9.18 Å². The van der Waals surface area contributed by atoms with E-state index < -0.39 is 0 Å². The molecule has 0 N–H and O–H groups in total. The second kappa shape index (κ2) is 8.12. The van der Waals surface area contributed by atoms with Crippen molar-refractivity contribution in [2.75, 3.05) is 49.1 Å². The van der Waals surface area contributed by atoms with Crippen LogP contribution in [0.5, 0.6) is 0 Å². The van der Waals surface area contributed by atoms with Gasteiger partial charge in [0.25, 0.3) is 0 Å². The van der Waals surface area contributed by atoms with Gasteiger partial charge in [-0.1, -0.05) is 0 Å². The van der Waals surface area contributed by atoms with Crippen LogP contribution in [0.2, 0.25) is 0 Å². The molecule has 0 radical (unpaired) electrons. The van der Waals surface area contributed by atoms with Gasteiger partial charge in [-0.2, -0.15) is 0 Å². The van der Waals surface area contributed by atoms with Gasteiger partial charge >= 0.3 is 0 Å². The molecule has 2 aromatic rings. The molecule has 28 heavy (non-hydrogen) atoms. The molecule has 1 aromatic carbocycles. The summed E-state index contributed by atoms with van der Waals surface area (Å²) in [5.41, 5.74) is 1.95. The van der Waals surface area contributed by atoms with Crippen LogP contribution in [-0.2, 0) is 4.79 Å². The maximum absolute atomic E-state index is 13.1. The minimum absolute atomic E-state index is 0.00441. The van der Waals surface area contributed by atoms with Crippen molar-refractivity contribution in [1.82, 2.24) is 14.9 Å². The lowest BCUT2D eigenvalue weighted by molar-refractivity contribution is -0.136. The number of aryl methyl sites for hydroxylation is 1. The van der Waals surface area contributed by atoms with E-state index in [1.807, 2.05) is 17.9 Å². The molecule has 1 aromatic heterocycles. The molecule has 0 spiro atoms. The fourth-order valence-electron chi connectivity index (χ4n) is 4.04. The van der Waals surface area contributed by atoms with E-state index in [0.29, 0.717) is 19.6 Å².